The molecule has 26 heavy (non-hydrogen) atoms. The highest BCUT2D eigenvalue weighted by atomic mass is 19.1. The number of amides is 1. The lowest BCUT2D eigenvalue weighted by Gasteiger charge is -2.30. The smallest absolute Gasteiger partial charge is 0.231 e. The molecular weight excluding hydrogens is 333 g/mol. The van der Waals surface area contributed by atoms with Gasteiger partial charge in [-0.25, -0.2) is 4.98 Å². The van der Waals surface area contributed by atoms with Crippen LogP contribution in [-0.2, 0) is 11.2 Å². The second-order valence-electron chi connectivity index (χ2n) is 6.40. The van der Waals surface area contributed by atoms with E-state index in [1.54, 1.807) is 23.4 Å². The first-order valence-electron chi connectivity index (χ1n) is 8.58. The molecule has 6 nitrogen and oxygen atoms in total. The number of rotatable bonds is 4. The Bertz CT molecular complexity index is 894. The number of anilines is 1. The van der Waals surface area contributed by atoms with Crippen LogP contribution in [0, 0.1) is 11.9 Å². The molecule has 3 aromatic rings. The second-order valence-corrected chi connectivity index (χ2v) is 6.40. The molecule has 1 atom stereocenters. The minimum absolute atomic E-state index is 0.0494. The highest BCUT2D eigenvalue weighted by Gasteiger charge is 2.31. The van der Waals surface area contributed by atoms with Crippen molar-refractivity contribution < 1.29 is 9.18 Å². The Kier molecular flexibility index (Phi) is 4.43. The number of nitrogens with zero attached hydrogens (tertiary/aromatic N) is 4. The number of carbonyl (C=O) groups is 1. The lowest BCUT2D eigenvalue weighted by atomic mass is 9.91. The second kappa shape index (κ2) is 7.03. The number of aromatic nitrogens is 4. The fraction of sp³-hybridized carbons (Fsp3) is 0.263. The van der Waals surface area contributed by atoms with Gasteiger partial charge in [-0.2, -0.15) is 9.49 Å². The molecule has 0 radical (unpaired) electrons. The van der Waals surface area contributed by atoms with Crippen LogP contribution < -0.4 is 4.90 Å². The number of halogens is 1. The van der Waals surface area contributed by atoms with Crippen molar-refractivity contribution >= 4 is 11.7 Å². The average molecular weight is 351 g/mol. The first kappa shape index (κ1) is 16.4. The molecule has 1 aliphatic heterocycles. The molecule has 0 aliphatic carbocycles. The maximum absolute atomic E-state index is 13.0. The molecule has 1 amide bonds. The zero-order valence-corrected chi connectivity index (χ0v) is 14.1. The molecule has 132 valence electrons. The molecule has 0 saturated carbocycles. The molecule has 0 bridgehead atoms. The van der Waals surface area contributed by atoms with E-state index in [1.165, 1.54) is 12.3 Å². The molecule has 4 rings (SSSR count). The molecule has 4 heterocycles. The van der Waals surface area contributed by atoms with Crippen LogP contribution in [0.25, 0.3) is 11.3 Å². The summed E-state index contributed by atoms with van der Waals surface area (Å²) >= 11 is 0. The molecule has 7 heteroatoms. The van der Waals surface area contributed by atoms with E-state index < -0.39 is 5.95 Å². The summed E-state index contributed by atoms with van der Waals surface area (Å²) in [5.74, 6) is 0.0275. The van der Waals surface area contributed by atoms with Gasteiger partial charge in [-0.05, 0) is 43.0 Å². The molecule has 0 unspecified atom stereocenters. The number of carbonyl (C=O) groups excluding carboxylic acids is 1. The molecule has 1 fully saturated rings. The Hall–Kier alpha value is -3.09. The van der Waals surface area contributed by atoms with Gasteiger partial charge in [0.1, 0.15) is 0 Å². The van der Waals surface area contributed by atoms with E-state index >= 15 is 0 Å². The van der Waals surface area contributed by atoms with Crippen LogP contribution in [0.2, 0.25) is 0 Å². The highest BCUT2D eigenvalue weighted by Crippen LogP contribution is 2.28. The monoisotopic (exact) mass is 351 g/mol. The van der Waals surface area contributed by atoms with Crippen molar-refractivity contribution in [1.82, 2.24) is 20.2 Å². The van der Waals surface area contributed by atoms with E-state index in [1.807, 2.05) is 18.2 Å². The van der Waals surface area contributed by atoms with Crippen LogP contribution in [0.4, 0.5) is 10.2 Å². The topological polar surface area (TPSA) is 74.8 Å². The van der Waals surface area contributed by atoms with Crippen LogP contribution >= 0.6 is 0 Å². The summed E-state index contributed by atoms with van der Waals surface area (Å²) in [5, 5.41) is 7.30. The number of hydrogen-bond acceptors (Lipinski definition) is 4. The quantitative estimate of drug-likeness (QED) is 0.733. The summed E-state index contributed by atoms with van der Waals surface area (Å²) in [6.07, 6.45) is 7.21. The Labute approximate surface area is 150 Å². The van der Waals surface area contributed by atoms with Gasteiger partial charge in [-0.3, -0.25) is 19.8 Å². The summed E-state index contributed by atoms with van der Waals surface area (Å²) in [5.41, 5.74) is 2.68. The Morgan fingerprint density at radius 1 is 1.23 bits per heavy atom. The van der Waals surface area contributed by atoms with Crippen molar-refractivity contribution in [3.8, 4) is 11.3 Å². The largest absolute Gasteiger partial charge is 0.295 e. The van der Waals surface area contributed by atoms with Gasteiger partial charge >= 0.3 is 0 Å². The van der Waals surface area contributed by atoms with Gasteiger partial charge in [0.15, 0.2) is 5.82 Å². The number of hydrogen-bond donors (Lipinski definition) is 1. The fourth-order valence-corrected chi connectivity index (χ4v) is 3.31. The van der Waals surface area contributed by atoms with Crippen LogP contribution in [0.5, 0.6) is 0 Å². The van der Waals surface area contributed by atoms with Crippen molar-refractivity contribution in [2.24, 2.45) is 5.92 Å². The third-order valence-corrected chi connectivity index (χ3v) is 4.65. The van der Waals surface area contributed by atoms with Crippen LogP contribution in [0.1, 0.15) is 18.4 Å². The van der Waals surface area contributed by atoms with Gasteiger partial charge in [-0.15, -0.1) is 0 Å². The van der Waals surface area contributed by atoms with Crippen molar-refractivity contribution in [2.75, 3.05) is 11.4 Å². The van der Waals surface area contributed by atoms with Crippen LogP contribution in [0.3, 0.4) is 0 Å². The summed E-state index contributed by atoms with van der Waals surface area (Å²) in [6.45, 7) is 0.650. The standard InChI is InChI=1S/C19H18FN5O/c20-17-4-3-13(12-22-17)10-15-2-1-9-25(19(15)26)18-11-16(23-24-18)14-5-7-21-8-6-14/h3-8,11-12,15H,1-2,9-10H2,(H,23,24)/t15-/m1/s1. The molecule has 1 aliphatic rings. The molecule has 3 aromatic heterocycles. The fourth-order valence-electron chi connectivity index (χ4n) is 3.31. The molecule has 0 aromatic carbocycles. The Balaban J connectivity index is 1.51. The van der Waals surface area contributed by atoms with E-state index in [4.69, 9.17) is 0 Å². The van der Waals surface area contributed by atoms with E-state index in [0.29, 0.717) is 18.8 Å². The van der Waals surface area contributed by atoms with Crippen molar-refractivity contribution in [3.05, 3.63) is 60.4 Å². The van der Waals surface area contributed by atoms with Gasteiger partial charge in [0.05, 0.1) is 5.69 Å². The number of H-pyrrole nitrogens is 1. The Morgan fingerprint density at radius 3 is 2.85 bits per heavy atom. The third kappa shape index (κ3) is 3.33. The van der Waals surface area contributed by atoms with E-state index in [-0.39, 0.29) is 11.8 Å². The number of pyridine rings is 2. The zero-order valence-electron chi connectivity index (χ0n) is 14.1. The predicted octanol–water partition coefficient (Wildman–Crippen LogP) is 2.99. The number of piperidine rings is 1. The van der Waals surface area contributed by atoms with Crippen molar-refractivity contribution in [2.45, 2.75) is 19.3 Å². The van der Waals surface area contributed by atoms with E-state index in [9.17, 15) is 9.18 Å². The van der Waals surface area contributed by atoms with Gasteiger partial charge in [0.2, 0.25) is 11.9 Å². The Morgan fingerprint density at radius 2 is 2.08 bits per heavy atom. The molecule has 1 saturated heterocycles. The SMILES string of the molecule is O=C1[C@@H](Cc2ccc(F)nc2)CCCN1c1cc(-c2ccncc2)[nH]n1. The molecular formula is C19H18FN5O. The van der Waals surface area contributed by atoms with Crippen molar-refractivity contribution in [3.63, 3.8) is 0 Å². The summed E-state index contributed by atoms with van der Waals surface area (Å²) in [7, 11) is 0. The van der Waals surface area contributed by atoms with E-state index in [2.05, 4.69) is 20.2 Å². The van der Waals surface area contributed by atoms with Gasteiger partial charge in [0.25, 0.3) is 0 Å². The summed E-state index contributed by atoms with van der Waals surface area (Å²) in [6, 6.07) is 8.67. The lowest BCUT2D eigenvalue weighted by Crippen LogP contribution is -2.42. The summed E-state index contributed by atoms with van der Waals surface area (Å²) in [4.78, 5) is 22.3. The van der Waals surface area contributed by atoms with Crippen LogP contribution in [-0.4, -0.2) is 32.6 Å². The minimum Gasteiger partial charge on any atom is -0.295 e. The van der Waals surface area contributed by atoms with Crippen molar-refractivity contribution in [1.29, 1.82) is 0 Å². The van der Waals surface area contributed by atoms with E-state index in [0.717, 1.165) is 29.7 Å². The lowest BCUT2D eigenvalue weighted by molar-refractivity contribution is -0.123. The van der Waals surface area contributed by atoms with Crippen LogP contribution in [0.15, 0.2) is 48.9 Å². The maximum Gasteiger partial charge on any atom is 0.231 e. The summed E-state index contributed by atoms with van der Waals surface area (Å²) < 4.78 is 13.0. The first-order valence-corrected chi connectivity index (χ1v) is 8.58. The zero-order chi connectivity index (χ0) is 17.9. The van der Waals surface area contributed by atoms with Gasteiger partial charge in [0, 0.05) is 42.7 Å². The van der Waals surface area contributed by atoms with Gasteiger partial charge in [-0.1, -0.05) is 6.07 Å². The maximum atomic E-state index is 13.0. The normalized spacial score (nSPS) is 17.5. The third-order valence-electron chi connectivity index (χ3n) is 4.65. The first-order chi connectivity index (χ1) is 12.7. The molecule has 1 N–H and O–H groups in total. The number of aromatic amines is 1. The minimum atomic E-state index is -0.509. The average Bonchev–Trinajstić information content (AvgIpc) is 3.16. The molecule has 0 spiro atoms. The number of nitrogens with one attached hydrogen (secondary N) is 1. The highest BCUT2D eigenvalue weighted by molar-refractivity contribution is 5.95. The predicted molar refractivity (Wildman–Crippen MR) is 94.8 cm³/mol. The van der Waals surface area contributed by atoms with Gasteiger partial charge < -0.3 is 0 Å².